The van der Waals surface area contributed by atoms with Crippen molar-refractivity contribution in [2.45, 2.75) is 56.8 Å². The summed E-state index contributed by atoms with van der Waals surface area (Å²) in [6.45, 7) is 1.69. The Morgan fingerprint density at radius 2 is 1.66 bits per heavy atom. The van der Waals surface area contributed by atoms with E-state index in [1.807, 2.05) is 24.3 Å². The SMILES string of the molecule is CC(N)C(=O)NC(CCCN=C(N)N)C(=O)NC(Cc1c[nH]c2ccccc12)C(=O)NC(Cc1cnc[nH]1)C(=O)O. The maximum atomic E-state index is 13.5. The third-order valence-corrected chi connectivity index (χ3v) is 6.32. The number of nitrogens with zero attached hydrogens (tertiary/aromatic N) is 2. The Labute approximate surface area is 235 Å². The smallest absolute Gasteiger partial charge is 0.326 e. The van der Waals surface area contributed by atoms with Gasteiger partial charge in [-0.1, -0.05) is 18.2 Å². The van der Waals surface area contributed by atoms with Gasteiger partial charge in [-0.05, 0) is 31.4 Å². The van der Waals surface area contributed by atoms with Gasteiger partial charge in [0.2, 0.25) is 17.7 Å². The standard InChI is InChI=1S/C26H36N10O5/c1-14(27)22(37)34-19(7-4-8-31-26(28)29)23(38)35-20(9-15-11-32-18-6-3-2-5-17(15)18)24(39)36-21(25(40)41)10-16-12-30-13-33-16/h2-3,5-6,11-14,19-21,32H,4,7-10,27H2,1H3,(H,30,33)(H,34,37)(H,35,38)(H,36,39)(H,40,41)(H4,28,29,31). The van der Waals surface area contributed by atoms with Crippen molar-refractivity contribution >= 4 is 40.6 Å². The Morgan fingerprint density at radius 3 is 2.32 bits per heavy atom. The van der Waals surface area contributed by atoms with E-state index in [2.05, 4.69) is 35.9 Å². The molecule has 3 amide bonds. The normalized spacial score (nSPS) is 13.9. The number of carboxylic acids is 1. The first-order chi connectivity index (χ1) is 19.5. The molecular weight excluding hydrogens is 532 g/mol. The van der Waals surface area contributed by atoms with E-state index >= 15 is 0 Å². The number of rotatable bonds is 15. The van der Waals surface area contributed by atoms with Gasteiger partial charge in [-0.25, -0.2) is 9.78 Å². The highest BCUT2D eigenvalue weighted by Gasteiger charge is 2.31. The zero-order valence-electron chi connectivity index (χ0n) is 22.6. The van der Waals surface area contributed by atoms with Crippen molar-refractivity contribution < 1.29 is 24.3 Å². The third kappa shape index (κ3) is 9.06. The number of H-pyrrole nitrogens is 2. The predicted molar refractivity (Wildman–Crippen MR) is 151 cm³/mol. The van der Waals surface area contributed by atoms with Gasteiger partial charge in [-0.2, -0.15) is 0 Å². The lowest BCUT2D eigenvalue weighted by Crippen LogP contribution is -2.57. The van der Waals surface area contributed by atoms with Gasteiger partial charge in [0, 0.05) is 48.4 Å². The number of benzene rings is 1. The average Bonchev–Trinajstić information content (AvgIpc) is 3.59. The number of fused-ring (bicyclic) bond motifs is 1. The first kappa shape index (κ1) is 30.6. The number of aliphatic carboxylic acids is 1. The zero-order chi connectivity index (χ0) is 29.9. The maximum absolute atomic E-state index is 13.5. The number of carbonyl (C=O) groups is 4. The van der Waals surface area contributed by atoms with Gasteiger partial charge in [0.15, 0.2) is 5.96 Å². The molecule has 0 spiro atoms. The summed E-state index contributed by atoms with van der Waals surface area (Å²) in [6.07, 6.45) is 5.08. The van der Waals surface area contributed by atoms with Gasteiger partial charge in [0.1, 0.15) is 18.1 Å². The summed E-state index contributed by atoms with van der Waals surface area (Å²) in [5, 5.41) is 18.4. The van der Waals surface area contributed by atoms with Crippen molar-refractivity contribution in [2.24, 2.45) is 22.2 Å². The molecule has 0 aliphatic rings. The monoisotopic (exact) mass is 568 g/mol. The molecule has 4 atom stereocenters. The van der Waals surface area contributed by atoms with Crippen LogP contribution in [0.15, 0.2) is 48.0 Å². The molecule has 4 unspecified atom stereocenters. The Morgan fingerprint density at radius 1 is 0.976 bits per heavy atom. The van der Waals surface area contributed by atoms with Crippen LogP contribution in [-0.4, -0.2) is 80.4 Å². The van der Waals surface area contributed by atoms with Crippen LogP contribution in [0.2, 0.25) is 0 Å². The first-order valence-electron chi connectivity index (χ1n) is 13.0. The van der Waals surface area contributed by atoms with E-state index in [1.54, 1.807) is 6.20 Å². The number of nitrogens with one attached hydrogen (secondary N) is 5. The summed E-state index contributed by atoms with van der Waals surface area (Å²) in [5.41, 5.74) is 18.5. The highest BCUT2D eigenvalue weighted by Crippen LogP contribution is 2.19. The predicted octanol–water partition coefficient (Wildman–Crippen LogP) is -1.38. The zero-order valence-corrected chi connectivity index (χ0v) is 22.6. The van der Waals surface area contributed by atoms with E-state index in [-0.39, 0.29) is 31.8 Å². The maximum Gasteiger partial charge on any atom is 0.326 e. The Kier molecular flexibility index (Phi) is 10.8. The van der Waals surface area contributed by atoms with Gasteiger partial charge < -0.3 is 48.2 Å². The summed E-state index contributed by atoms with van der Waals surface area (Å²) in [5.74, 6) is -3.29. The van der Waals surface area contributed by atoms with Crippen molar-refractivity contribution in [3.63, 3.8) is 0 Å². The molecule has 0 fully saturated rings. The van der Waals surface area contributed by atoms with E-state index in [1.165, 1.54) is 19.4 Å². The lowest BCUT2D eigenvalue weighted by atomic mass is 10.0. The fourth-order valence-corrected chi connectivity index (χ4v) is 4.17. The van der Waals surface area contributed by atoms with E-state index in [0.29, 0.717) is 12.1 Å². The molecular formula is C26H36N10O5. The van der Waals surface area contributed by atoms with Crippen LogP contribution >= 0.6 is 0 Å². The Hall–Kier alpha value is -4.92. The number of guanidine groups is 1. The quantitative estimate of drug-likeness (QED) is 0.0593. The molecule has 0 saturated heterocycles. The first-order valence-corrected chi connectivity index (χ1v) is 13.0. The lowest BCUT2D eigenvalue weighted by molar-refractivity contribution is -0.142. The third-order valence-electron chi connectivity index (χ3n) is 6.32. The van der Waals surface area contributed by atoms with Crippen molar-refractivity contribution in [2.75, 3.05) is 6.54 Å². The number of hydrogen-bond donors (Lipinski definition) is 9. The van der Waals surface area contributed by atoms with Gasteiger partial charge in [0.05, 0.1) is 12.4 Å². The molecule has 1 aromatic carbocycles. The second kappa shape index (κ2) is 14.5. The summed E-state index contributed by atoms with van der Waals surface area (Å²) in [6, 6.07) is 3.02. The number of imidazole rings is 1. The van der Waals surface area contributed by atoms with Gasteiger partial charge in [-0.15, -0.1) is 0 Å². The van der Waals surface area contributed by atoms with Gasteiger partial charge >= 0.3 is 5.97 Å². The van der Waals surface area contributed by atoms with Crippen LogP contribution in [0, 0.1) is 0 Å². The number of aliphatic imine (C=N–C) groups is 1. The number of hydrogen-bond acceptors (Lipinski definition) is 7. The molecule has 3 rings (SSSR count). The van der Waals surface area contributed by atoms with Crippen molar-refractivity contribution in [3.05, 3.63) is 54.2 Å². The average molecular weight is 569 g/mol. The largest absolute Gasteiger partial charge is 0.480 e. The van der Waals surface area contributed by atoms with Crippen molar-refractivity contribution in [1.82, 2.24) is 30.9 Å². The van der Waals surface area contributed by atoms with Crippen LogP contribution in [0.5, 0.6) is 0 Å². The topological polar surface area (TPSA) is 259 Å². The molecule has 41 heavy (non-hydrogen) atoms. The Bertz CT molecular complexity index is 1360. The number of aromatic amines is 2. The molecule has 3 aromatic rings. The van der Waals surface area contributed by atoms with Crippen LogP contribution in [0.4, 0.5) is 0 Å². The van der Waals surface area contributed by atoms with E-state index < -0.39 is 47.9 Å². The Balaban J connectivity index is 1.84. The highest BCUT2D eigenvalue weighted by molar-refractivity contribution is 5.94. The number of para-hydroxylation sites is 1. The minimum Gasteiger partial charge on any atom is -0.480 e. The lowest BCUT2D eigenvalue weighted by Gasteiger charge is -2.25. The molecule has 15 heteroatoms. The van der Waals surface area contributed by atoms with Crippen LogP contribution in [-0.2, 0) is 32.0 Å². The molecule has 0 bridgehead atoms. The number of carbonyl (C=O) groups excluding carboxylic acids is 3. The van der Waals surface area contributed by atoms with E-state index in [0.717, 1.165) is 16.5 Å². The molecule has 12 N–H and O–H groups in total. The fourth-order valence-electron chi connectivity index (χ4n) is 4.17. The minimum atomic E-state index is -1.29. The molecule has 0 aliphatic heterocycles. The molecule has 2 aromatic heterocycles. The number of amides is 3. The van der Waals surface area contributed by atoms with E-state index in [4.69, 9.17) is 17.2 Å². The summed E-state index contributed by atoms with van der Waals surface area (Å²) >= 11 is 0. The number of carboxylic acid groups (broad SMARTS) is 1. The molecule has 0 radical (unpaired) electrons. The van der Waals surface area contributed by atoms with Gasteiger partial charge in [-0.3, -0.25) is 19.4 Å². The van der Waals surface area contributed by atoms with Crippen molar-refractivity contribution in [1.29, 1.82) is 0 Å². The number of nitrogens with two attached hydrogens (primary N) is 3. The van der Waals surface area contributed by atoms with Crippen LogP contribution in [0.1, 0.15) is 31.0 Å². The fraction of sp³-hybridized carbons (Fsp3) is 0.385. The van der Waals surface area contributed by atoms with Crippen molar-refractivity contribution in [3.8, 4) is 0 Å². The minimum absolute atomic E-state index is 0.0416. The summed E-state index contributed by atoms with van der Waals surface area (Å²) in [7, 11) is 0. The molecule has 0 saturated carbocycles. The second-order valence-electron chi connectivity index (χ2n) is 9.60. The summed E-state index contributed by atoms with van der Waals surface area (Å²) in [4.78, 5) is 65.0. The van der Waals surface area contributed by atoms with Gasteiger partial charge in [0.25, 0.3) is 0 Å². The van der Waals surface area contributed by atoms with Crippen LogP contribution in [0.3, 0.4) is 0 Å². The summed E-state index contributed by atoms with van der Waals surface area (Å²) < 4.78 is 0. The highest BCUT2D eigenvalue weighted by atomic mass is 16.4. The molecule has 220 valence electrons. The van der Waals surface area contributed by atoms with E-state index in [9.17, 15) is 24.3 Å². The van der Waals surface area contributed by atoms with Crippen LogP contribution in [0.25, 0.3) is 10.9 Å². The second-order valence-corrected chi connectivity index (χ2v) is 9.60. The molecule has 15 nitrogen and oxygen atoms in total. The van der Waals surface area contributed by atoms with Crippen LogP contribution < -0.4 is 33.2 Å². The molecule has 2 heterocycles. The molecule has 0 aliphatic carbocycles. The number of aromatic nitrogens is 3.